The van der Waals surface area contributed by atoms with E-state index in [1.807, 2.05) is 36.0 Å². The molecule has 2 N–H and O–H groups in total. The molecule has 0 radical (unpaired) electrons. The lowest BCUT2D eigenvalue weighted by molar-refractivity contribution is 0.812. The average Bonchev–Trinajstić information content (AvgIpc) is 2.83. The Morgan fingerprint density at radius 3 is 2.82 bits per heavy atom. The van der Waals surface area contributed by atoms with Gasteiger partial charge in [0.1, 0.15) is 4.83 Å². The largest absolute Gasteiger partial charge is 0.368 e. The summed E-state index contributed by atoms with van der Waals surface area (Å²) in [5, 5.41) is 7.39. The number of nitrogens with two attached hydrogens (primary N) is 1. The summed E-state index contributed by atoms with van der Waals surface area (Å²) in [5.41, 5.74) is 7.72. The van der Waals surface area contributed by atoms with E-state index in [4.69, 9.17) is 5.73 Å². The molecule has 3 aromatic heterocycles. The fourth-order valence-electron chi connectivity index (χ4n) is 1.86. The maximum absolute atomic E-state index is 5.72. The van der Waals surface area contributed by atoms with Gasteiger partial charge < -0.3 is 5.73 Å². The lowest BCUT2D eigenvalue weighted by atomic mass is 10.3. The Bertz CT molecular complexity index is 697. The van der Waals surface area contributed by atoms with Crippen molar-refractivity contribution in [2.24, 2.45) is 0 Å². The van der Waals surface area contributed by atoms with Gasteiger partial charge >= 0.3 is 0 Å². The summed E-state index contributed by atoms with van der Waals surface area (Å²) < 4.78 is 1.81. The summed E-state index contributed by atoms with van der Waals surface area (Å²) in [6.07, 6.45) is 0. The third-order valence-electron chi connectivity index (χ3n) is 2.53. The molecule has 3 heterocycles. The maximum atomic E-state index is 5.72. The molecular formula is C11H11N5S. The van der Waals surface area contributed by atoms with Gasteiger partial charge in [-0.15, -0.1) is 11.3 Å². The molecule has 0 aliphatic carbocycles. The Labute approximate surface area is 102 Å². The summed E-state index contributed by atoms with van der Waals surface area (Å²) in [6.45, 7) is 3.95. The van der Waals surface area contributed by atoms with Gasteiger partial charge in [-0.05, 0) is 31.4 Å². The molecule has 0 amide bonds. The van der Waals surface area contributed by atoms with E-state index in [-0.39, 0.29) is 5.95 Å². The van der Waals surface area contributed by atoms with Gasteiger partial charge in [0.25, 0.3) is 0 Å². The van der Waals surface area contributed by atoms with E-state index in [2.05, 4.69) is 15.1 Å². The minimum Gasteiger partial charge on any atom is -0.368 e. The lowest BCUT2D eigenvalue weighted by Gasteiger charge is -2.05. The number of nitrogen functional groups attached to an aromatic ring is 1. The number of anilines is 1. The number of rotatable bonds is 1. The maximum Gasteiger partial charge on any atom is 0.223 e. The summed E-state index contributed by atoms with van der Waals surface area (Å²) in [5.74, 6) is 1.03. The fourth-order valence-corrected chi connectivity index (χ4v) is 2.63. The molecule has 0 fully saturated rings. The van der Waals surface area contributed by atoms with Gasteiger partial charge in [0.2, 0.25) is 5.95 Å². The van der Waals surface area contributed by atoms with E-state index in [1.165, 1.54) is 0 Å². The van der Waals surface area contributed by atoms with E-state index in [9.17, 15) is 0 Å². The molecule has 0 aromatic carbocycles. The molecule has 5 nitrogen and oxygen atoms in total. The summed E-state index contributed by atoms with van der Waals surface area (Å²) in [7, 11) is 0. The number of hydrogen-bond donors (Lipinski definition) is 1. The van der Waals surface area contributed by atoms with E-state index in [0.717, 1.165) is 27.4 Å². The van der Waals surface area contributed by atoms with Crippen LogP contribution in [0.3, 0.4) is 0 Å². The third kappa shape index (κ3) is 1.57. The van der Waals surface area contributed by atoms with Crippen molar-refractivity contribution in [3.63, 3.8) is 0 Å². The second-order valence-corrected chi connectivity index (χ2v) is 4.78. The van der Waals surface area contributed by atoms with Crippen molar-refractivity contribution in [1.82, 2.24) is 19.7 Å². The second-order valence-electron chi connectivity index (χ2n) is 3.88. The number of aromatic nitrogens is 4. The molecule has 17 heavy (non-hydrogen) atoms. The van der Waals surface area contributed by atoms with Crippen LogP contribution < -0.4 is 5.73 Å². The minimum atomic E-state index is 0.280. The van der Waals surface area contributed by atoms with Crippen LogP contribution in [0.1, 0.15) is 11.4 Å². The number of hydrogen-bond acceptors (Lipinski definition) is 5. The van der Waals surface area contributed by atoms with Crippen molar-refractivity contribution >= 4 is 27.5 Å². The van der Waals surface area contributed by atoms with Gasteiger partial charge in [-0.2, -0.15) is 10.1 Å². The van der Waals surface area contributed by atoms with E-state index >= 15 is 0 Å². The molecule has 3 rings (SSSR count). The molecule has 0 atom stereocenters. The minimum absolute atomic E-state index is 0.280. The highest BCUT2D eigenvalue weighted by atomic mass is 32.1. The Balaban J connectivity index is 2.36. The predicted molar refractivity (Wildman–Crippen MR) is 68.4 cm³/mol. The van der Waals surface area contributed by atoms with Crippen molar-refractivity contribution in [3.8, 4) is 5.82 Å². The van der Waals surface area contributed by atoms with Crippen LogP contribution in [0, 0.1) is 13.8 Å². The first-order chi connectivity index (χ1) is 8.15. The molecule has 0 bridgehead atoms. The molecular weight excluding hydrogens is 234 g/mol. The third-order valence-corrected chi connectivity index (χ3v) is 3.34. The zero-order chi connectivity index (χ0) is 12.0. The first-order valence-electron chi connectivity index (χ1n) is 5.19. The molecule has 0 aliphatic rings. The van der Waals surface area contributed by atoms with Crippen LogP contribution >= 0.6 is 11.3 Å². The fraction of sp³-hybridized carbons (Fsp3) is 0.182. The quantitative estimate of drug-likeness (QED) is 0.712. The number of nitrogens with zero attached hydrogens (tertiary/aromatic N) is 4. The van der Waals surface area contributed by atoms with Crippen molar-refractivity contribution in [3.05, 3.63) is 28.9 Å². The predicted octanol–water partition coefficient (Wildman–Crippen LogP) is 2.08. The summed E-state index contributed by atoms with van der Waals surface area (Å²) >= 11 is 1.55. The highest BCUT2D eigenvalue weighted by Crippen LogP contribution is 2.25. The molecule has 6 heteroatoms. The van der Waals surface area contributed by atoms with E-state index < -0.39 is 0 Å². The van der Waals surface area contributed by atoms with Crippen molar-refractivity contribution in [2.75, 3.05) is 5.73 Å². The second kappa shape index (κ2) is 3.53. The van der Waals surface area contributed by atoms with Crippen molar-refractivity contribution in [2.45, 2.75) is 13.8 Å². The molecule has 3 aromatic rings. The highest BCUT2D eigenvalue weighted by molar-refractivity contribution is 7.16. The van der Waals surface area contributed by atoms with Crippen LogP contribution in [0.25, 0.3) is 16.0 Å². The topological polar surface area (TPSA) is 69.6 Å². The zero-order valence-electron chi connectivity index (χ0n) is 9.51. The monoisotopic (exact) mass is 245 g/mol. The average molecular weight is 245 g/mol. The van der Waals surface area contributed by atoms with Crippen LogP contribution in [0.2, 0.25) is 0 Å². The number of aryl methyl sites for hydroxylation is 2. The van der Waals surface area contributed by atoms with Crippen LogP contribution in [0.5, 0.6) is 0 Å². The van der Waals surface area contributed by atoms with Gasteiger partial charge in [-0.1, -0.05) is 0 Å². The van der Waals surface area contributed by atoms with E-state index in [1.54, 1.807) is 11.3 Å². The van der Waals surface area contributed by atoms with Crippen molar-refractivity contribution in [1.29, 1.82) is 0 Å². The van der Waals surface area contributed by atoms with Crippen LogP contribution in [-0.4, -0.2) is 19.7 Å². The Morgan fingerprint density at radius 1 is 1.29 bits per heavy atom. The molecule has 0 aliphatic heterocycles. The Morgan fingerprint density at radius 2 is 2.12 bits per heavy atom. The molecule has 0 saturated heterocycles. The number of thiophene rings is 1. The molecule has 0 unspecified atom stereocenters. The first-order valence-corrected chi connectivity index (χ1v) is 6.07. The molecule has 0 saturated carbocycles. The first kappa shape index (κ1) is 10.2. The molecule has 0 spiro atoms. The van der Waals surface area contributed by atoms with Gasteiger partial charge in [-0.25, -0.2) is 9.67 Å². The van der Waals surface area contributed by atoms with Crippen LogP contribution in [0.15, 0.2) is 17.5 Å². The Hall–Kier alpha value is -1.95. The van der Waals surface area contributed by atoms with Crippen LogP contribution in [-0.2, 0) is 0 Å². The highest BCUT2D eigenvalue weighted by Gasteiger charge is 2.12. The number of fused-ring (bicyclic) bond motifs is 1. The normalized spacial score (nSPS) is 11.2. The van der Waals surface area contributed by atoms with Crippen molar-refractivity contribution < 1.29 is 0 Å². The van der Waals surface area contributed by atoms with Crippen LogP contribution in [0.4, 0.5) is 5.95 Å². The smallest absolute Gasteiger partial charge is 0.223 e. The van der Waals surface area contributed by atoms with Gasteiger partial charge in [-0.3, -0.25) is 0 Å². The van der Waals surface area contributed by atoms with Gasteiger partial charge in [0.05, 0.1) is 11.1 Å². The van der Waals surface area contributed by atoms with Gasteiger partial charge in [0.15, 0.2) is 5.82 Å². The lowest BCUT2D eigenvalue weighted by Crippen LogP contribution is -2.05. The standard InChI is InChI=1S/C11H11N5S/c1-6-5-7(2)16(15-6)9-8-3-4-17-10(8)14-11(12)13-9/h3-5H,1-2H3,(H2,12,13,14). The zero-order valence-corrected chi connectivity index (χ0v) is 10.3. The summed E-state index contributed by atoms with van der Waals surface area (Å²) in [6, 6.07) is 4.00. The van der Waals surface area contributed by atoms with E-state index in [0.29, 0.717) is 0 Å². The molecule has 86 valence electrons. The van der Waals surface area contributed by atoms with Gasteiger partial charge in [0, 0.05) is 5.69 Å². The summed E-state index contributed by atoms with van der Waals surface area (Å²) in [4.78, 5) is 9.38. The Kier molecular flexibility index (Phi) is 2.12. The SMILES string of the molecule is Cc1cc(C)n(-c2nc(N)nc3sccc23)n1.